The number of aliphatic hydroxyl groups is 1. The summed E-state index contributed by atoms with van der Waals surface area (Å²) in [5, 5.41) is 12.5. The van der Waals surface area contributed by atoms with Gasteiger partial charge in [0.2, 0.25) is 11.8 Å². The molecule has 0 aliphatic carbocycles. The minimum Gasteiger partial charge on any atom is -0.436 e. The topological polar surface area (TPSA) is 91.8 Å². The van der Waals surface area contributed by atoms with E-state index in [9.17, 15) is 14.7 Å². The van der Waals surface area contributed by atoms with Crippen LogP contribution >= 0.6 is 0 Å². The monoisotopic (exact) mass is 403 g/mol. The summed E-state index contributed by atoms with van der Waals surface area (Å²) in [6.07, 6.45) is 2.05. The fourth-order valence-corrected chi connectivity index (χ4v) is 3.39. The molecular formula is C23H21N3O4. The number of amides is 2. The highest BCUT2D eigenvalue weighted by atomic mass is 16.5. The largest absolute Gasteiger partial charge is 0.436 e. The average Bonchev–Trinajstić information content (AvgIpc) is 2.89. The molecule has 1 aliphatic rings. The third-order valence-corrected chi connectivity index (χ3v) is 4.82. The number of aromatic nitrogens is 1. The Bertz CT molecular complexity index is 1060. The summed E-state index contributed by atoms with van der Waals surface area (Å²) >= 11 is 0. The number of benzene rings is 2. The smallest absolute Gasteiger partial charge is 0.262 e. The Morgan fingerprint density at radius 3 is 2.63 bits per heavy atom. The van der Waals surface area contributed by atoms with Gasteiger partial charge in [0.05, 0.1) is 18.2 Å². The number of carbonyl (C=O) groups is 2. The van der Waals surface area contributed by atoms with Gasteiger partial charge < -0.3 is 15.2 Å². The van der Waals surface area contributed by atoms with Crippen LogP contribution in [0.15, 0.2) is 72.9 Å². The van der Waals surface area contributed by atoms with Gasteiger partial charge >= 0.3 is 0 Å². The van der Waals surface area contributed by atoms with Gasteiger partial charge in [0, 0.05) is 6.20 Å². The highest BCUT2D eigenvalue weighted by Crippen LogP contribution is 2.36. The van der Waals surface area contributed by atoms with Crippen molar-refractivity contribution in [2.75, 3.05) is 18.1 Å². The van der Waals surface area contributed by atoms with Crippen LogP contribution in [0.2, 0.25) is 0 Å². The summed E-state index contributed by atoms with van der Waals surface area (Å²) in [6, 6.07) is 19.4. The minimum absolute atomic E-state index is 0.210. The molecule has 1 aliphatic heterocycles. The van der Waals surface area contributed by atoms with Gasteiger partial charge in [-0.1, -0.05) is 42.5 Å². The standard InChI is InChI=1S/C23H21N3O4/c27-15-17(13-16-7-2-1-3-8-16)25-21(28)14-26-19-10-6-12-24-22(19)30-20-11-5-4-9-18(20)23(26)29/h1-12,17,27H,13-15H2,(H,25,28). The Kier molecular flexibility index (Phi) is 5.72. The second kappa shape index (κ2) is 8.75. The van der Waals surface area contributed by atoms with Crippen molar-refractivity contribution < 1.29 is 19.4 Å². The zero-order chi connectivity index (χ0) is 20.9. The molecule has 0 spiro atoms. The number of nitrogens with zero attached hydrogens (tertiary/aromatic N) is 2. The molecule has 2 heterocycles. The third-order valence-electron chi connectivity index (χ3n) is 4.82. The molecule has 4 rings (SSSR count). The molecule has 2 N–H and O–H groups in total. The summed E-state index contributed by atoms with van der Waals surface area (Å²) < 4.78 is 5.82. The van der Waals surface area contributed by atoms with Gasteiger partial charge in [-0.25, -0.2) is 4.98 Å². The van der Waals surface area contributed by atoms with E-state index in [1.165, 1.54) is 4.90 Å². The second-order valence-electron chi connectivity index (χ2n) is 6.95. The predicted octanol–water partition coefficient (Wildman–Crippen LogP) is 2.55. The van der Waals surface area contributed by atoms with Crippen molar-refractivity contribution in [2.24, 2.45) is 0 Å². The third kappa shape index (κ3) is 4.16. The molecule has 7 nitrogen and oxygen atoms in total. The number of nitrogens with one attached hydrogen (secondary N) is 1. The number of anilines is 1. The number of carbonyl (C=O) groups excluding carboxylic acids is 2. The summed E-state index contributed by atoms with van der Waals surface area (Å²) in [5.74, 6) is -0.0853. The van der Waals surface area contributed by atoms with Crippen LogP contribution in [0.5, 0.6) is 11.6 Å². The lowest BCUT2D eigenvalue weighted by atomic mass is 10.1. The van der Waals surface area contributed by atoms with Crippen LogP contribution in [0.3, 0.4) is 0 Å². The first kappa shape index (κ1) is 19.6. The van der Waals surface area contributed by atoms with Crippen molar-refractivity contribution in [2.45, 2.75) is 12.5 Å². The fraction of sp³-hybridized carbons (Fsp3) is 0.174. The zero-order valence-electron chi connectivity index (χ0n) is 16.2. The molecule has 30 heavy (non-hydrogen) atoms. The molecule has 7 heteroatoms. The van der Waals surface area contributed by atoms with Gasteiger partial charge in [0.25, 0.3) is 5.91 Å². The SMILES string of the molecule is O=C(CN1C(=O)c2ccccc2Oc2ncccc21)NC(CO)Cc1ccccc1. The Morgan fingerprint density at radius 1 is 1.07 bits per heavy atom. The quantitative estimate of drug-likeness (QED) is 0.660. The minimum atomic E-state index is -0.459. The highest BCUT2D eigenvalue weighted by Gasteiger charge is 2.30. The van der Waals surface area contributed by atoms with Crippen molar-refractivity contribution in [3.63, 3.8) is 0 Å². The molecule has 3 aromatic rings. The first-order valence-electron chi connectivity index (χ1n) is 9.63. The van der Waals surface area contributed by atoms with E-state index >= 15 is 0 Å². The molecule has 152 valence electrons. The summed E-state index contributed by atoms with van der Waals surface area (Å²) in [4.78, 5) is 31.5. The van der Waals surface area contributed by atoms with E-state index in [0.29, 0.717) is 23.4 Å². The fourth-order valence-electron chi connectivity index (χ4n) is 3.39. The van der Waals surface area contributed by atoms with E-state index in [2.05, 4.69) is 10.3 Å². The molecule has 0 saturated heterocycles. The van der Waals surface area contributed by atoms with E-state index in [1.807, 2.05) is 30.3 Å². The maximum Gasteiger partial charge on any atom is 0.262 e. The van der Waals surface area contributed by atoms with Gasteiger partial charge in [-0.3, -0.25) is 14.5 Å². The molecule has 1 atom stereocenters. The number of pyridine rings is 1. The lowest BCUT2D eigenvalue weighted by Gasteiger charge is -2.23. The van der Waals surface area contributed by atoms with Crippen LogP contribution in [0.25, 0.3) is 0 Å². The number of ether oxygens (including phenoxy) is 1. The van der Waals surface area contributed by atoms with Crippen LogP contribution in [0.4, 0.5) is 5.69 Å². The molecule has 0 saturated carbocycles. The lowest BCUT2D eigenvalue weighted by molar-refractivity contribution is -0.120. The number of para-hydroxylation sites is 1. The first-order valence-corrected chi connectivity index (χ1v) is 9.63. The van der Waals surface area contributed by atoms with E-state index < -0.39 is 6.04 Å². The van der Waals surface area contributed by atoms with Crippen LogP contribution < -0.4 is 15.0 Å². The number of hydrogen-bond acceptors (Lipinski definition) is 5. The molecule has 2 amide bonds. The number of hydrogen-bond donors (Lipinski definition) is 2. The van der Waals surface area contributed by atoms with Gasteiger partial charge in [0.15, 0.2) is 0 Å². The van der Waals surface area contributed by atoms with Crippen molar-refractivity contribution in [1.29, 1.82) is 0 Å². The van der Waals surface area contributed by atoms with Crippen LogP contribution in [-0.2, 0) is 11.2 Å². The first-order chi connectivity index (χ1) is 14.7. The second-order valence-corrected chi connectivity index (χ2v) is 6.95. The Hall–Kier alpha value is -3.71. The molecule has 0 bridgehead atoms. The number of fused-ring (bicyclic) bond motifs is 2. The van der Waals surface area contributed by atoms with Crippen LogP contribution in [0.1, 0.15) is 15.9 Å². The molecule has 0 fully saturated rings. The molecule has 1 unspecified atom stereocenters. The molecular weight excluding hydrogens is 382 g/mol. The summed E-state index contributed by atoms with van der Waals surface area (Å²) in [6.45, 7) is -0.431. The summed E-state index contributed by atoms with van der Waals surface area (Å²) in [7, 11) is 0. The molecule has 2 aromatic carbocycles. The van der Waals surface area contributed by atoms with E-state index in [1.54, 1.807) is 42.6 Å². The van der Waals surface area contributed by atoms with Crippen LogP contribution in [-0.4, -0.2) is 41.1 Å². The van der Waals surface area contributed by atoms with E-state index in [-0.39, 0.29) is 30.8 Å². The Labute approximate surface area is 173 Å². The van der Waals surface area contributed by atoms with E-state index in [4.69, 9.17) is 4.74 Å². The number of rotatable bonds is 6. The van der Waals surface area contributed by atoms with Crippen molar-refractivity contribution in [3.8, 4) is 11.6 Å². The number of aliphatic hydroxyl groups excluding tert-OH is 1. The maximum atomic E-state index is 13.2. The van der Waals surface area contributed by atoms with Crippen molar-refractivity contribution in [3.05, 3.63) is 84.1 Å². The van der Waals surface area contributed by atoms with Crippen LogP contribution in [0, 0.1) is 0 Å². The van der Waals surface area contributed by atoms with E-state index in [0.717, 1.165) is 5.56 Å². The molecule has 0 radical (unpaired) electrons. The van der Waals surface area contributed by atoms with Gasteiger partial charge in [-0.2, -0.15) is 0 Å². The van der Waals surface area contributed by atoms with Gasteiger partial charge in [-0.15, -0.1) is 0 Å². The lowest BCUT2D eigenvalue weighted by Crippen LogP contribution is -2.46. The Balaban J connectivity index is 1.55. The normalized spacial score (nSPS) is 13.5. The predicted molar refractivity (Wildman–Crippen MR) is 112 cm³/mol. The van der Waals surface area contributed by atoms with Crippen molar-refractivity contribution in [1.82, 2.24) is 10.3 Å². The average molecular weight is 403 g/mol. The zero-order valence-corrected chi connectivity index (χ0v) is 16.2. The summed E-state index contributed by atoms with van der Waals surface area (Å²) in [5.41, 5.74) is 1.77. The van der Waals surface area contributed by atoms with Gasteiger partial charge in [0.1, 0.15) is 18.0 Å². The Morgan fingerprint density at radius 2 is 1.83 bits per heavy atom. The maximum absolute atomic E-state index is 13.2. The molecule has 1 aromatic heterocycles. The van der Waals surface area contributed by atoms with Gasteiger partial charge in [-0.05, 0) is 36.2 Å². The van der Waals surface area contributed by atoms with Crippen molar-refractivity contribution >= 4 is 17.5 Å². The highest BCUT2D eigenvalue weighted by molar-refractivity contribution is 6.11.